The Bertz CT molecular complexity index is 948. The maximum absolute atomic E-state index is 6.15. The van der Waals surface area contributed by atoms with E-state index in [9.17, 15) is 0 Å². The number of methoxy groups -OCH3 is 2. The molecule has 1 aliphatic heterocycles. The fraction of sp³-hybridized carbons (Fsp3) is 0.480. The highest BCUT2D eigenvalue weighted by Crippen LogP contribution is 2.34. The third-order valence-corrected chi connectivity index (χ3v) is 6.38. The highest BCUT2D eigenvalue weighted by molar-refractivity contribution is 7.80. The molecular weight excluding hydrogens is 442 g/mol. The number of hydrogen-bond acceptors (Lipinski definition) is 4. The largest absolute Gasteiger partial charge is 0.496 e. The van der Waals surface area contributed by atoms with Gasteiger partial charge in [0.15, 0.2) is 5.11 Å². The molecule has 7 heteroatoms. The SMILES string of the molecule is COc1ccccc1CN(C(=S)Nc1ccc(Cl)cc1OC)C1CC(C)(C)NC(C)(C)C1. The summed E-state index contributed by atoms with van der Waals surface area (Å²) in [5, 5.41) is 8.44. The van der Waals surface area contributed by atoms with E-state index in [0.29, 0.717) is 22.4 Å². The molecule has 1 saturated heterocycles. The van der Waals surface area contributed by atoms with Crippen LogP contribution in [0.25, 0.3) is 0 Å². The molecule has 0 amide bonds. The molecule has 0 atom stereocenters. The van der Waals surface area contributed by atoms with Crippen LogP contribution < -0.4 is 20.1 Å². The Morgan fingerprint density at radius 3 is 2.31 bits per heavy atom. The van der Waals surface area contributed by atoms with E-state index in [0.717, 1.165) is 29.8 Å². The van der Waals surface area contributed by atoms with Crippen molar-refractivity contribution in [2.45, 2.75) is 64.2 Å². The van der Waals surface area contributed by atoms with Gasteiger partial charge in [0.2, 0.25) is 0 Å². The molecule has 1 fully saturated rings. The van der Waals surface area contributed by atoms with E-state index in [1.165, 1.54) is 0 Å². The van der Waals surface area contributed by atoms with Gasteiger partial charge in [-0.25, -0.2) is 0 Å². The summed E-state index contributed by atoms with van der Waals surface area (Å²) in [6.45, 7) is 9.64. The van der Waals surface area contributed by atoms with Crippen LogP contribution in [0, 0.1) is 0 Å². The summed E-state index contributed by atoms with van der Waals surface area (Å²) >= 11 is 12.1. The Labute approximate surface area is 202 Å². The van der Waals surface area contributed by atoms with Crippen LogP contribution >= 0.6 is 23.8 Å². The quantitative estimate of drug-likeness (QED) is 0.510. The molecule has 0 spiro atoms. The van der Waals surface area contributed by atoms with E-state index < -0.39 is 0 Å². The van der Waals surface area contributed by atoms with Crippen LogP contribution in [0.5, 0.6) is 11.5 Å². The molecular formula is C25H34ClN3O2S. The summed E-state index contributed by atoms with van der Waals surface area (Å²) in [6.07, 6.45) is 1.93. The van der Waals surface area contributed by atoms with Crippen LogP contribution in [-0.2, 0) is 6.54 Å². The molecule has 0 unspecified atom stereocenters. The number of thiocarbonyl (C=S) groups is 1. The zero-order chi connectivity index (χ0) is 23.5. The van der Waals surface area contributed by atoms with Crippen molar-refractivity contribution in [3.8, 4) is 11.5 Å². The number of nitrogens with zero attached hydrogens (tertiary/aromatic N) is 1. The molecule has 2 aromatic rings. The van der Waals surface area contributed by atoms with Crippen molar-refractivity contribution >= 4 is 34.6 Å². The molecule has 2 N–H and O–H groups in total. The van der Waals surface area contributed by atoms with Gasteiger partial charge in [-0.2, -0.15) is 0 Å². The lowest BCUT2D eigenvalue weighted by molar-refractivity contribution is 0.101. The summed E-state index contributed by atoms with van der Waals surface area (Å²) < 4.78 is 11.1. The Kier molecular flexibility index (Phi) is 7.58. The predicted molar refractivity (Wildman–Crippen MR) is 137 cm³/mol. The van der Waals surface area contributed by atoms with Crippen molar-refractivity contribution in [1.29, 1.82) is 0 Å². The van der Waals surface area contributed by atoms with Gasteiger partial charge in [0.05, 0.1) is 19.9 Å². The Morgan fingerprint density at radius 1 is 1.06 bits per heavy atom. The van der Waals surface area contributed by atoms with Gasteiger partial charge in [0.1, 0.15) is 11.5 Å². The van der Waals surface area contributed by atoms with Gasteiger partial charge in [-0.15, -0.1) is 0 Å². The molecule has 0 aromatic heterocycles. The number of halogens is 1. The lowest BCUT2D eigenvalue weighted by atomic mass is 9.79. The zero-order valence-corrected chi connectivity index (χ0v) is 21.4. The number of piperidine rings is 1. The smallest absolute Gasteiger partial charge is 0.174 e. The maximum Gasteiger partial charge on any atom is 0.174 e. The Hall–Kier alpha value is -2.02. The van der Waals surface area contributed by atoms with Crippen molar-refractivity contribution < 1.29 is 9.47 Å². The van der Waals surface area contributed by atoms with Crippen LogP contribution in [0.2, 0.25) is 5.02 Å². The number of nitrogens with one attached hydrogen (secondary N) is 2. The molecule has 3 rings (SSSR count). The highest BCUT2D eigenvalue weighted by atomic mass is 35.5. The molecule has 1 aliphatic rings. The third-order valence-electron chi connectivity index (χ3n) is 5.81. The fourth-order valence-corrected chi connectivity index (χ4v) is 5.31. The van der Waals surface area contributed by atoms with Gasteiger partial charge in [-0.3, -0.25) is 0 Å². The van der Waals surface area contributed by atoms with Gasteiger partial charge in [-0.1, -0.05) is 29.8 Å². The molecule has 0 aliphatic carbocycles. The molecule has 32 heavy (non-hydrogen) atoms. The number of hydrogen-bond donors (Lipinski definition) is 2. The normalized spacial score (nSPS) is 17.5. The first-order chi connectivity index (χ1) is 15.0. The maximum atomic E-state index is 6.15. The minimum atomic E-state index is -0.0149. The van der Waals surface area contributed by atoms with E-state index in [2.05, 4.69) is 49.3 Å². The van der Waals surface area contributed by atoms with E-state index in [4.69, 9.17) is 33.3 Å². The van der Waals surface area contributed by atoms with Gasteiger partial charge in [0, 0.05) is 40.3 Å². The average molecular weight is 476 g/mol. The van der Waals surface area contributed by atoms with Gasteiger partial charge >= 0.3 is 0 Å². The molecule has 0 bridgehead atoms. The van der Waals surface area contributed by atoms with Crippen LogP contribution in [0.3, 0.4) is 0 Å². The second kappa shape index (κ2) is 9.86. The lowest BCUT2D eigenvalue weighted by Gasteiger charge is -2.50. The summed E-state index contributed by atoms with van der Waals surface area (Å²) in [5.74, 6) is 1.51. The molecule has 2 aromatic carbocycles. The first kappa shape index (κ1) is 24.6. The third kappa shape index (κ3) is 6.06. The standard InChI is InChI=1S/C25H34ClN3O2S/c1-24(2)14-19(15-25(3,4)28-24)29(16-17-9-7-8-10-21(17)30-5)23(32)27-20-12-11-18(26)13-22(20)31-6/h7-13,19,28H,14-16H2,1-6H3,(H,27,32). The number of rotatable bonds is 6. The number of para-hydroxylation sites is 1. The van der Waals surface area contributed by atoms with Crippen molar-refractivity contribution in [2.75, 3.05) is 19.5 Å². The second-order valence-corrected chi connectivity index (χ2v) is 10.5. The topological polar surface area (TPSA) is 45.8 Å². The van der Waals surface area contributed by atoms with Gasteiger partial charge < -0.3 is 25.0 Å². The van der Waals surface area contributed by atoms with E-state index in [1.54, 1.807) is 20.3 Å². The van der Waals surface area contributed by atoms with E-state index in [1.807, 2.05) is 30.3 Å². The molecule has 5 nitrogen and oxygen atoms in total. The Balaban J connectivity index is 1.95. The van der Waals surface area contributed by atoms with Crippen LogP contribution in [-0.4, -0.2) is 41.4 Å². The minimum absolute atomic E-state index is 0.0149. The van der Waals surface area contributed by atoms with Crippen LogP contribution in [0.1, 0.15) is 46.1 Å². The minimum Gasteiger partial charge on any atom is -0.496 e. The van der Waals surface area contributed by atoms with Crippen molar-refractivity contribution in [3.05, 3.63) is 53.1 Å². The lowest BCUT2D eigenvalue weighted by Crippen LogP contribution is -2.63. The zero-order valence-electron chi connectivity index (χ0n) is 19.8. The first-order valence-electron chi connectivity index (χ1n) is 10.9. The Morgan fingerprint density at radius 2 is 1.69 bits per heavy atom. The van der Waals surface area contributed by atoms with Crippen LogP contribution in [0.4, 0.5) is 5.69 Å². The monoisotopic (exact) mass is 475 g/mol. The van der Waals surface area contributed by atoms with E-state index in [-0.39, 0.29) is 17.1 Å². The van der Waals surface area contributed by atoms with Crippen molar-refractivity contribution in [2.24, 2.45) is 0 Å². The number of anilines is 1. The molecule has 0 saturated carbocycles. The molecule has 1 heterocycles. The van der Waals surface area contributed by atoms with Crippen molar-refractivity contribution in [3.63, 3.8) is 0 Å². The summed E-state index contributed by atoms with van der Waals surface area (Å²) in [4.78, 5) is 2.28. The fourth-order valence-electron chi connectivity index (χ4n) is 4.83. The van der Waals surface area contributed by atoms with E-state index >= 15 is 0 Å². The van der Waals surface area contributed by atoms with Crippen molar-refractivity contribution in [1.82, 2.24) is 10.2 Å². The second-order valence-electron chi connectivity index (χ2n) is 9.67. The summed E-state index contributed by atoms with van der Waals surface area (Å²) in [5.41, 5.74) is 1.86. The highest BCUT2D eigenvalue weighted by Gasteiger charge is 2.40. The predicted octanol–water partition coefficient (Wildman–Crippen LogP) is 5.87. The summed E-state index contributed by atoms with van der Waals surface area (Å²) in [7, 11) is 3.33. The first-order valence-corrected chi connectivity index (χ1v) is 11.6. The molecule has 0 radical (unpaired) electrons. The molecule has 174 valence electrons. The summed E-state index contributed by atoms with van der Waals surface area (Å²) in [6, 6.07) is 13.8. The van der Waals surface area contributed by atoms with Gasteiger partial charge in [0.25, 0.3) is 0 Å². The average Bonchev–Trinajstić information content (AvgIpc) is 2.71. The van der Waals surface area contributed by atoms with Crippen LogP contribution in [0.15, 0.2) is 42.5 Å². The van der Waals surface area contributed by atoms with Gasteiger partial charge in [-0.05, 0) is 71.0 Å². The number of benzene rings is 2. The number of ether oxygens (including phenoxy) is 2.